The van der Waals surface area contributed by atoms with E-state index in [0.29, 0.717) is 34.7 Å². The number of carbonyl (C=O) groups is 2. The van der Waals surface area contributed by atoms with Gasteiger partial charge in [-0.05, 0) is 12.0 Å². The van der Waals surface area contributed by atoms with Crippen LogP contribution in [0.4, 0.5) is 0 Å². The second-order valence-corrected chi connectivity index (χ2v) is 6.69. The zero-order valence-corrected chi connectivity index (χ0v) is 13.6. The summed E-state index contributed by atoms with van der Waals surface area (Å²) >= 11 is 7.58. The molecule has 2 amide bonds. The molecule has 2 rings (SSSR count). The quantitative estimate of drug-likeness (QED) is 0.919. The molecule has 7 heteroatoms. The van der Waals surface area contributed by atoms with Gasteiger partial charge in [-0.2, -0.15) is 0 Å². The van der Waals surface area contributed by atoms with Gasteiger partial charge in [-0.1, -0.05) is 25.4 Å². The average Bonchev–Trinajstić information content (AvgIpc) is 2.94. The van der Waals surface area contributed by atoms with Crippen LogP contribution in [0.2, 0.25) is 5.02 Å². The lowest BCUT2D eigenvalue weighted by molar-refractivity contribution is -0.124. The molecule has 0 aromatic carbocycles. The number of nitrogens with one attached hydrogen (secondary N) is 1. The van der Waals surface area contributed by atoms with E-state index in [1.807, 2.05) is 13.8 Å². The molecule has 2 heterocycles. The molecule has 114 valence electrons. The van der Waals surface area contributed by atoms with Gasteiger partial charge >= 0.3 is 0 Å². The molecule has 0 bridgehead atoms. The van der Waals surface area contributed by atoms with Crippen LogP contribution in [-0.2, 0) is 4.79 Å². The van der Waals surface area contributed by atoms with Crippen molar-refractivity contribution in [2.24, 2.45) is 5.92 Å². The molecule has 0 aliphatic carbocycles. The highest BCUT2D eigenvalue weighted by atomic mass is 35.5. The van der Waals surface area contributed by atoms with Crippen molar-refractivity contribution >= 4 is 35.2 Å². The van der Waals surface area contributed by atoms with Crippen molar-refractivity contribution in [3.05, 3.63) is 29.0 Å². The summed E-state index contributed by atoms with van der Waals surface area (Å²) in [5.74, 6) is 1.15. The highest BCUT2D eigenvalue weighted by Gasteiger charge is 2.35. The minimum atomic E-state index is -0.439. The van der Waals surface area contributed by atoms with Gasteiger partial charge in [0.2, 0.25) is 5.91 Å². The van der Waals surface area contributed by atoms with Gasteiger partial charge in [-0.25, -0.2) is 0 Å². The van der Waals surface area contributed by atoms with E-state index < -0.39 is 6.04 Å². The lowest BCUT2D eigenvalue weighted by Crippen LogP contribution is -2.48. The summed E-state index contributed by atoms with van der Waals surface area (Å²) < 4.78 is 0. The lowest BCUT2D eigenvalue weighted by Gasteiger charge is -2.23. The van der Waals surface area contributed by atoms with Gasteiger partial charge in [0.25, 0.3) is 5.91 Å². The third-order valence-electron chi connectivity index (χ3n) is 3.13. The molecule has 1 fully saturated rings. The van der Waals surface area contributed by atoms with Gasteiger partial charge in [0, 0.05) is 24.7 Å². The van der Waals surface area contributed by atoms with Crippen LogP contribution < -0.4 is 5.32 Å². The normalized spacial score (nSPS) is 18.1. The molecule has 1 aromatic rings. The molecule has 1 unspecified atom stereocenters. The van der Waals surface area contributed by atoms with Gasteiger partial charge in [-0.15, -0.1) is 11.8 Å². The maximum absolute atomic E-state index is 12.5. The van der Waals surface area contributed by atoms with Crippen LogP contribution >= 0.6 is 23.4 Å². The standard InChI is InChI=1S/C14H18ClN3O2S/c1-9(2)5-17-13(19)12-7-21-8-18(12)14(20)10-3-4-16-6-11(10)15/h3-4,6,9,12H,5,7-8H2,1-2H3,(H,17,19). The smallest absolute Gasteiger partial charge is 0.256 e. The Kier molecular flexibility index (Phi) is 5.47. The molecule has 5 nitrogen and oxygen atoms in total. The number of hydrogen-bond acceptors (Lipinski definition) is 4. The molecule has 1 saturated heterocycles. The van der Waals surface area contributed by atoms with Crippen molar-refractivity contribution in [2.75, 3.05) is 18.2 Å². The van der Waals surface area contributed by atoms with E-state index in [-0.39, 0.29) is 11.8 Å². The van der Waals surface area contributed by atoms with E-state index >= 15 is 0 Å². The van der Waals surface area contributed by atoms with Crippen LogP contribution in [-0.4, -0.2) is 45.9 Å². The first-order valence-electron chi connectivity index (χ1n) is 6.76. The first kappa shape index (κ1) is 16.1. The number of halogens is 1. The molecule has 0 radical (unpaired) electrons. The largest absolute Gasteiger partial charge is 0.354 e. The Morgan fingerprint density at radius 1 is 1.57 bits per heavy atom. The number of pyridine rings is 1. The van der Waals surface area contributed by atoms with E-state index in [1.165, 1.54) is 12.4 Å². The van der Waals surface area contributed by atoms with Crippen LogP contribution in [0.3, 0.4) is 0 Å². The van der Waals surface area contributed by atoms with Gasteiger partial charge < -0.3 is 10.2 Å². The lowest BCUT2D eigenvalue weighted by atomic mass is 10.2. The Morgan fingerprint density at radius 2 is 2.33 bits per heavy atom. The number of hydrogen-bond donors (Lipinski definition) is 1. The number of nitrogens with zero attached hydrogens (tertiary/aromatic N) is 2. The fourth-order valence-electron chi connectivity index (χ4n) is 1.99. The topological polar surface area (TPSA) is 62.3 Å². The minimum absolute atomic E-state index is 0.104. The van der Waals surface area contributed by atoms with Crippen molar-refractivity contribution in [3.8, 4) is 0 Å². The molecule has 1 aromatic heterocycles. The minimum Gasteiger partial charge on any atom is -0.354 e. The van der Waals surface area contributed by atoms with Gasteiger partial charge in [-0.3, -0.25) is 14.6 Å². The van der Waals surface area contributed by atoms with Gasteiger partial charge in [0.15, 0.2) is 0 Å². The van der Waals surface area contributed by atoms with Crippen molar-refractivity contribution in [2.45, 2.75) is 19.9 Å². The molecule has 0 spiro atoms. The maximum Gasteiger partial charge on any atom is 0.256 e. The molecule has 1 aliphatic rings. The molecular weight excluding hydrogens is 310 g/mol. The first-order chi connectivity index (χ1) is 10.0. The van der Waals surface area contributed by atoms with Gasteiger partial charge in [0.1, 0.15) is 6.04 Å². The zero-order chi connectivity index (χ0) is 15.4. The summed E-state index contributed by atoms with van der Waals surface area (Å²) in [6, 6.07) is 1.14. The summed E-state index contributed by atoms with van der Waals surface area (Å²) in [6.45, 7) is 4.67. The molecule has 1 atom stereocenters. The monoisotopic (exact) mass is 327 g/mol. The molecule has 1 aliphatic heterocycles. The fraction of sp³-hybridized carbons (Fsp3) is 0.500. The predicted molar refractivity (Wildman–Crippen MR) is 84.4 cm³/mol. The highest BCUT2D eigenvalue weighted by Crippen LogP contribution is 2.25. The van der Waals surface area contributed by atoms with Crippen molar-refractivity contribution in [1.82, 2.24) is 15.2 Å². The summed E-state index contributed by atoms with van der Waals surface area (Å²) in [7, 11) is 0. The summed E-state index contributed by atoms with van der Waals surface area (Å²) in [6.07, 6.45) is 2.96. The van der Waals surface area contributed by atoms with Crippen molar-refractivity contribution < 1.29 is 9.59 Å². The molecule has 21 heavy (non-hydrogen) atoms. The fourth-order valence-corrected chi connectivity index (χ4v) is 3.34. The highest BCUT2D eigenvalue weighted by molar-refractivity contribution is 7.99. The van der Waals surface area contributed by atoms with E-state index in [0.717, 1.165) is 0 Å². The number of amides is 2. The van der Waals surface area contributed by atoms with Gasteiger partial charge in [0.05, 0.1) is 16.5 Å². The third-order valence-corrected chi connectivity index (χ3v) is 4.45. The number of thioether (sulfide) groups is 1. The average molecular weight is 328 g/mol. The Labute approximate surface area is 133 Å². The van der Waals surface area contributed by atoms with E-state index in [1.54, 1.807) is 22.7 Å². The van der Waals surface area contributed by atoms with E-state index in [9.17, 15) is 9.59 Å². The third kappa shape index (κ3) is 3.89. The maximum atomic E-state index is 12.5. The Bertz CT molecular complexity index is 539. The van der Waals surface area contributed by atoms with E-state index in [2.05, 4.69) is 10.3 Å². The van der Waals surface area contributed by atoms with Crippen LogP contribution in [0.5, 0.6) is 0 Å². The first-order valence-corrected chi connectivity index (χ1v) is 8.30. The molecule has 1 N–H and O–H groups in total. The van der Waals surface area contributed by atoms with Crippen molar-refractivity contribution in [3.63, 3.8) is 0 Å². The Hall–Kier alpha value is -1.27. The van der Waals surface area contributed by atoms with Crippen LogP contribution in [0.1, 0.15) is 24.2 Å². The van der Waals surface area contributed by atoms with E-state index in [4.69, 9.17) is 11.6 Å². The summed E-state index contributed by atoms with van der Waals surface area (Å²) in [5.41, 5.74) is 0.385. The molecule has 0 saturated carbocycles. The Morgan fingerprint density at radius 3 is 3.00 bits per heavy atom. The number of aromatic nitrogens is 1. The summed E-state index contributed by atoms with van der Waals surface area (Å²) in [4.78, 5) is 30.2. The van der Waals surface area contributed by atoms with Crippen LogP contribution in [0.15, 0.2) is 18.5 Å². The molecular formula is C14H18ClN3O2S. The van der Waals surface area contributed by atoms with Crippen LogP contribution in [0, 0.1) is 5.92 Å². The second kappa shape index (κ2) is 7.13. The Balaban J connectivity index is 2.10. The van der Waals surface area contributed by atoms with Crippen LogP contribution in [0.25, 0.3) is 0 Å². The number of carbonyl (C=O) groups excluding carboxylic acids is 2. The SMILES string of the molecule is CC(C)CNC(=O)C1CSCN1C(=O)c1ccncc1Cl. The van der Waals surface area contributed by atoms with Crippen molar-refractivity contribution in [1.29, 1.82) is 0 Å². The summed E-state index contributed by atoms with van der Waals surface area (Å²) in [5, 5.41) is 3.19. The predicted octanol–water partition coefficient (Wildman–Crippen LogP) is 2.02. The second-order valence-electron chi connectivity index (χ2n) is 5.29. The zero-order valence-electron chi connectivity index (χ0n) is 12.0. The number of rotatable bonds is 4.